The molecule has 4 aromatic rings. The first-order valence-corrected chi connectivity index (χ1v) is 27.0. The number of likely N-dealkylation sites (tertiary alicyclic amines) is 1. The van der Waals surface area contributed by atoms with E-state index in [0.717, 1.165) is 5.56 Å². The Hall–Kier alpha value is -7.00. The van der Waals surface area contributed by atoms with Gasteiger partial charge < -0.3 is 56.2 Å². The molecule has 4 heterocycles. The van der Waals surface area contributed by atoms with Gasteiger partial charge in [-0.1, -0.05) is 49.9 Å². The minimum Gasteiger partial charge on any atom is -0.387 e. The Labute approximate surface area is 451 Å². The number of imidazole rings is 1. The number of hydrogen-bond acceptors (Lipinski definition) is 17. The molecule has 0 spiro atoms. The molecule has 7 atom stereocenters. The predicted molar refractivity (Wildman–Crippen MR) is 281 cm³/mol. The molecule has 2 aliphatic rings. The molecule has 6 amide bonds. The summed E-state index contributed by atoms with van der Waals surface area (Å²) in [4.78, 5) is 86.6. The van der Waals surface area contributed by atoms with Gasteiger partial charge in [-0.2, -0.15) is 13.1 Å². The van der Waals surface area contributed by atoms with Crippen LogP contribution in [0.15, 0.2) is 61.2 Å². The Morgan fingerprint density at radius 2 is 1.68 bits per heavy atom. The number of fused-ring (bicyclic) bond motifs is 1. The number of nitrogens with zero attached hydrogens (tertiary/aromatic N) is 5. The summed E-state index contributed by atoms with van der Waals surface area (Å²) >= 11 is 0. The number of aliphatic hydroxyl groups excluding tert-OH is 2. The van der Waals surface area contributed by atoms with E-state index < -0.39 is 71.1 Å². The van der Waals surface area contributed by atoms with E-state index in [1.165, 1.54) is 22.1 Å². The van der Waals surface area contributed by atoms with Crippen molar-refractivity contribution in [2.24, 2.45) is 28.6 Å². The lowest BCUT2D eigenvalue weighted by Crippen LogP contribution is -2.45. The van der Waals surface area contributed by atoms with Crippen molar-refractivity contribution >= 4 is 74.0 Å². The summed E-state index contributed by atoms with van der Waals surface area (Å²) in [5.74, 6) is -0.220. The highest BCUT2D eigenvalue weighted by Crippen LogP contribution is 2.33. The van der Waals surface area contributed by atoms with Crippen molar-refractivity contribution in [3.05, 3.63) is 72.3 Å². The molecule has 0 saturated carbocycles. The molecule has 27 heteroatoms. The number of amides is 6. The fraction of sp³-hybridized carbons (Fsp3) is 0.510. The maximum Gasteiger partial charge on any atom is 0.312 e. The zero-order chi connectivity index (χ0) is 56.5. The number of ketones is 1. The zero-order valence-electron chi connectivity index (χ0n) is 43.7. The zero-order valence-corrected chi connectivity index (χ0v) is 44.5. The van der Waals surface area contributed by atoms with Gasteiger partial charge in [0.2, 0.25) is 42.0 Å². The first-order valence-electron chi connectivity index (χ1n) is 25.4. The average Bonchev–Trinajstić information content (AvgIpc) is 4.21. The van der Waals surface area contributed by atoms with E-state index in [2.05, 4.69) is 41.9 Å². The number of aromatic nitrogens is 4. The molecule has 2 aliphatic heterocycles. The molecular formula is C51H69N12O14S+. The van der Waals surface area contributed by atoms with Crippen LogP contribution in [-0.2, 0) is 59.7 Å². The maximum atomic E-state index is 14.0. The third kappa shape index (κ3) is 17.2. The molecular weight excluding hydrogens is 1040 g/mol. The lowest BCUT2D eigenvalue weighted by atomic mass is 9.89. The van der Waals surface area contributed by atoms with Crippen molar-refractivity contribution < 1.29 is 70.9 Å². The first kappa shape index (κ1) is 60.2. The minimum atomic E-state index is -4.14. The fourth-order valence-electron chi connectivity index (χ4n) is 8.79. The van der Waals surface area contributed by atoms with Gasteiger partial charge in [0.25, 0.3) is 15.9 Å². The number of carbonyl (C=O) groups excluding carboxylic acids is 6. The summed E-state index contributed by atoms with van der Waals surface area (Å²) in [6.07, 6.45) is 3.60. The molecule has 422 valence electrons. The van der Waals surface area contributed by atoms with Gasteiger partial charge in [0.1, 0.15) is 18.3 Å². The lowest BCUT2D eigenvalue weighted by Gasteiger charge is -2.24. The second-order valence-electron chi connectivity index (χ2n) is 19.2. The Morgan fingerprint density at radius 3 is 2.33 bits per heavy atom. The summed E-state index contributed by atoms with van der Waals surface area (Å²) in [5.41, 5.74) is 8.34. The topological polar surface area (TPSA) is 364 Å². The second-order valence-corrected chi connectivity index (χ2v) is 20.6. The van der Waals surface area contributed by atoms with Crippen LogP contribution < -0.4 is 41.4 Å². The molecule has 78 heavy (non-hydrogen) atoms. The SMILES string of the molecule is C#Cc1cccc(Nc2nc[n+](Cc3ccc(NC(=O)[C@H](CCCNC(N)=O)CC(=O)[C@@H](NC(=O)CCOCCOCCOCCN4C(=O)CC(C)C4=O)C(C)C)cc3)c3c2ncn3[C@@H]2O[C@H](CNS(N)(=O)=O)[C@@H](O)[C@H]2O)c1. The van der Waals surface area contributed by atoms with Gasteiger partial charge in [0.15, 0.2) is 17.6 Å². The Morgan fingerprint density at radius 1 is 0.974 bits per heavy atom. The van der Waals surface area contributed by atoms with Gasteiger partial charge >= 0.3 is 6.03 Å². The van der Waals surface area contributed by atoms with Gasteiger partial charge in [-0.05, 0) is 54.7 Å². The summed E-state index contributed by atoms with van der Waals surface area (Å²) in [7, 11) is -4.14. The number of hydrogen-bond donors (Lipinski definition) is 9. The smallest absolute Gasteiger partial charge is 0.312 e. The monoisotopic (exact) mass is 1110 g/mol. The Kier molecular flexibility index (Phi) is 22.1. The fourth-order valence-corrected chi connectivity index (χ4v) is 9.19. The number of carbonyl (C=O) groups is 6. The lowest BCUT2D eigenvalue weighted by molar-refractivity contribution is -0.668. The van der Waals surface area contributed by atoms with Crippen molar-refractivity contribution in [2.75, 3.05) is 69.9 Å². The van der Waals surface area contributed by atoms with Gasteiger partial charge in [-0.25, -0.2) is 24.1 Å². The number of benzene rings is 2. The number of ether oxygens (including phenoxy) is 4. The van der Waals surface area contributed by atoms with Crippen molar-refractivity contribution in [1.82, 2.24) is 34.8 Å². The third-order valence-corrected chi connectivity index (χ3v) is 13.4. The average molecular weight is 1110 g/mol. The number of anilines is 3. The van der Waals surface area contributed by atoms with Crippen LogP contribution in [0.3, 0.4) is 0 Å². The van der Waals surface area contributed by atoms with Crippen molar-refractivity contribution in [2.45, 2.75) is 90.0 Å². The summed E-state index contributed by atoms with van der Waals surface area (Å²) in [5, 5.41) is 38.6. The largest absolute Gasteiger partial charge is 0.387 e. The first-order chi connectivity index (χ1) is 37.2. The summed E-state index contributed by atoms with van der Waals surface area (Å²) in [6.45, 7) is 6.61. The van der Waals surface area contributed by atoms with E-state index >= 15 is 0 Å². The predicted octanol–water partition coefficient (Wildman–Crippen LogP) is -0.158. The van der Waals surface area contributed by atoms with Crippen LogP contribution in [0.5, 0.6) is 0 Å². The van der Waals surface area contributed by atoms with E-state index in [1.54, 1.807) is 73.9 Å². The van der Waals surface area contributed by atoms with Gasteiger partial charge in [-0.3, -0.25) is 28.9 Å². The number of urea groups is 1. The van der Waals surface area contributed by atoms with Crippen LogP contribution in [0, 0.1) is 30.1 Å². The standard InChI is InChI=1S/C51H68N12O14S/c1-5-33-8-6-10-37(25-33)58-46-43-48(63(30-55-43)50-45(68)44(67)39(77-50)27-57-78(53,72)73)61(29-56-46)28-34-11-13-36(14-12-34)59-47(69)35(9-7-16-54-51(52)71)26-38(64)42(31(2)3)60-40(65)15-18-74-20-22-76-23-21-75-19-17-62-41(66)24-32(4)49(62)70/h1,6,8,10-14,25,29-32,35,39,42,44-45,50,57,67-68H,7,9,15-24,26-28H2,2-4H3,(H7,52,53,54,59,60,65,69,71,72,73)/p+1/t32?,35-,39-,42+,44-,45-,50-/m1/s1. The van der Waals surface area contributed by atoms with E-state index in [9.17, 15) is 47.4 Å². The third-order valence-electron chi connectivity index (χ3n) is 12.9. The number of rotatable bonds is 31. The number of terminal acetylenes is 1. The molecule has 0 radical (unpaired) electrons. The molecule has 26 nitrogen and oxygen atoms in total. The molecule has 2 aromatic carbocycles. The van der Waals surface area contributed by atoms with E-state index in [-0.39, 0.29) is 114 Å². The highest BCUT2D eigenvalue weighted by atomic mass is 32.2. The number of imide groups is 1. The van der Waals surface area contributed by atoms with Crippen LogP contribution in [0.25, 0.3) is 11.2 Å². The van der Waals surface area contributed by atoms with Gasteiger partial charge in [0, 0.05) is 61.1 Å². The highest BCUT2D eigenvalue weighted by molar-refractivity contribution is 7.87. The molecule has 2 saturated heterocycles. The molecule has 2 aromatic heterocycles. The van der Waals surface area contributed by atoms with Crippen molar-refractivity contribution in [3.63, 3.8) is 0 Å². The Bertz CT molecular complexity index is 2900. The number of aliphatic hydroxyl groups is 2. The van der Waals surface area contributed by atoms with Crippen molar-refractivity contribution in [3.8, 4) is 12.3 Å². The molecule has 0 bridgehead atoms. The van der Waals surface area contributed by atoms with Crippen LogP contribution in [-0.4, -0.2) is 157 Å². The van der Waals surface area contributed by atoms with Crippen LogP contribution >= 0.6 is 0 Å². The molecule has 6 rings (SSSR count). The Balaban J connectivity index is 1.05. The summed E-state index contributed by atoms with van der Waals surface area (Å²) < 4.78 is 51.1. The van der Waals surface area contributed by atoms with Crippen LogP contribution in [0.2, 0.25) is 0 Å². The van der Waals surface area contributed by atoms with Crippen molar-refractivity contribution in [1.29, 1.82) is 0 Å². The molecule has 0 aliphatic carbocycles. The highest BCUT2D eigenvalue weighted by Gasteiger charge is 2.47. The van der Waals surface area contributed by atoms with Crippen LogP contribution in [0.1, 0.15) is 70.2 Å². The molecule has 2 fully saturated rings. The molecule has 11 N–H and O–H groups in total. The van der Waals surface area contributed by atoms with Crippen LogP contribution in [0.4, 0.5) is 22.0 Å². The maximum absolute atomic E-state index is 14.0. The number of primary amides is 1. The number of nitrogens with one attached hydrogen (secondary N) is 5. The minimum absolute atomic E-state index is 0.0361. The van der Waals surface area contributed by atoms with Gasteiger partial charge in [0.05, 0.1) is 58.8 Å². The van der Waals surface area contributed by atoms with Gasteiger partial charge in [-0.15, -0.1) is 6.42 Å². The van der Waals surface area contributed by atoms with E-state index in [1.807, 2.05) is 0 Å². The van der Waals surface area contributed by atoms with E-state index in [0.29, 0.717) is 40.3 Å². The quantitative estimate of drug-likeness (QED) is 0.0137. The normalized spacial score (nSPS) is 19.2. The summed E-state index contributed by atoms with van der Waals surface area (Å²) in [6, 6.07) is 12.3. The molecule has 1 unspecified atom stereocenters. The number of nitrogens with two attached hydrogens (primary N) is 2. The second kappa shape index (κ2) is 28.6. The number of Topliss-reactive ketones (excluding diaryl/α,β-unsaturated/α-hetero) is 1. The van der Waals surface area contributed by atoms with E-state index in [4.69, 9.17) is 36.2 Å².